The minimum atomic E-state index is 1.01. The number of aromatic amines is 1. The van der Waals surface area contributed by atoms with Crippen LogP contribution in [-0.4, -0.2) is 41.3 Å². The van der Waals surface area contributed by atoms with Crippen LogP contribution in [0.25, 0.3) is 0 Å². The number of aryl methyl sites for hydroxylation is 1. The number of hydrogen-bond donors (Lipinski definition) is 2. The highest BCUT2D eigenvalue weighted by atomic mass is 15.2. The third-order valence-corrected chi connectivity index (χ3v) is 2.79. The van der Waals surface area contributed by atoms with Crippen molar-refractivity contribution in [1.82, 2.24) is 20.4 Å². The molecule has 2 N–H and O–H groups in total. The lowest BCUT2D eigenvalue weighted by atomic mass is 10.2. The Bertz CT molecular complexity index is 289. The third kappa shape index (κ3) is 3.04. The fraction of sp³-hybridized carbons (Fsp3) is 0.727. The Labute approximate surface area is 91.1 Å². The summed E-state index contributed by atoms with van der Waals surface area (Å²) >= 11 is 0. The van der Waals surface area contributed by atoms with E-state index in [1.807, 2.05) is 0 Å². The lowest BCUT2D eigenvalue weighted by Gasteiger charge is -2.26. The number of piperazine rings is 1. The van der Waals surface area contributed by atoms with Crippen LogP contribution < -0.4 is 5.32 Å². The van der Waals surface area contributed by atoms with E-state index >= 15 is 0 Å². The van der Waals surface area contributed by atoms with E-state index in [0.717, 1.165) is 45.6 Å². The monoisotopic (exact) mass is 208 g/mol. The van der Waals surface area contributed by atoms with E-state index in [1.54, 1.807) is 0 Å². The van der Waals surface area contributed by atoms with Gasteiger partial charge in [0.25, 0.3) is 0 Å². The molecular weight excluding hydrogens is 188 g/mol. The molecule has 0 aliphatic carbocycles. The standard InChI is InChI=1S/C11H20N4/c1-2-3-10-8-11(14-13-10)9-15-6-4-12-5-7-15/h8,12H,2-7,9H2,1H3,(H,13,14). The van der Waals surface area contributed by atoms with Crippen molar-refractivity contribution in [2.75, 3.05) is 26.2 Å². The second kappa shape index (κ2) is 5.28. The molecule has 0 bridgehead atoms. The molecule has 0 amide bonds. The molecular formula is C11H20N4. The van der Waals surface area contributed by atoms with Crippen LogP contribution in [-0.2, 0) is 13.0 Å². The summed E-state index contributed by atoms with van der Waals surface area (Å²) in [4.78, 5) is 2.46. The first-order valence-corrected chi connectivity index (χ1v) is 5.84. The van der Waals surface area contributed by atoms with E-state index in [9.17, 15) is 0 Å². The van der Waals surface area contributed by atoms with Crippen molar-refractivity contribution in [3.63, 3.8) is 0 Å². The summed E-state index contributed by atoms with van der Waals surface area (Å²) in [7, 11) is 0. The molecule has 0 spiro atoms. The number of hydrogen-bond acceptors (Lipinski definition) is 3. The van der Waals surface area contributed by atoms with Crippen LogP contribution in [0.2, 0.25) is 0 Å². The summed E-state index contributed by atoms with van der Waals surface area (Å²) in [6, 6.07) is 2.20. The minimum Gasteiger partial charge on any atom is -0.314 e. The van der Waals surface area contributed by atoms with Gasteiger partial charge in [-0.15, -0.1) is 0 Å². The minimum absolute atomic E-state index is 1.01. The first-order chi connectivity index (χ1) is 7.38. The van der Waals surface area contributed by atoms with Crippen LogP contribution >= 0.6 is 0 Å². The van der Waals surface area contributed by atoms with E-state index in [4.69, 9.17) is 0 Å². The second-order valence-electron chi connectivity index (χ2n) is 4.16. The third-order valence-electron chi connectivity index (χ3n) is 2.79. The van der Waals surface area contributed by atoms with Gasteiger partial charge in [-0.2, -0.15) is 5.10 Å². The molecule has 0 atom stereocenters. The largest absolute Gasteiger partial charge is 0.314 e. The van der Waals surface area contributed by atoms with E-state index < -0.39 is 0 Å². The average molecular weight is 208 g/mol. The summed E-state index contributed by atoms with van der Waals surface area (Å²) < 4.78 is 0. The Kier molecular flexibility index (Phi) is 3.75. The maximum Gasteiger partial charge on any atom is 0.0625 e. The Morgan fingerprint density at radius 1 is 1.40 bits per heavy atom. The lowest BCUT2D eigenvalue weighted by Crippen LogP contribution is -2.42. The van der Waals surface area contributed by atoms with E-state index in [-0.39, 0.29) is 0 Å². The van der Waals surface area contributed by atoms with E-state index in [2.05, 4.69) is 33.4 Å². The van der Waals surface area contributed by atoms with Crippen LogP contribution in [0.5, 0.6) is 0 Å². The fourth-order valence-electron chi connectivity index (χ4n) is 1.98. The van der Waals surface area contributed by atoms with Crippen LogP contribution in [0.4, 0.5) is 0 Å². The molecule has 1 aromatic rings. The van der Waals surface area contributed by atoms with Crippen LogP contribution in [0, 0.1) is 0 Å². The molecule has 1 aromatic heterocycles. The van der Waals surface area contributed by atoms with E-state index in [0.29, 0.717) is 0 Å². The normalized spacial score (nSPS) is 18.2. The van der Waals surface area contributed by atoms with Gasteiger partial charge >= 0.3 is 0 Å². The van der Waals surface area contributed by atoms with Crippen molar-refractivity contribution in [2.24, 2.45) is 0 Å². The molecule has 84 valence electrons. The molecule has 0 aromatic carbocycles. The van der Waals surface area contributed by atoms with Gasteiger partial charge in [-0.1, -0.05) is 13.3 Å². The van der Waals surface area contributed by atoms with Gasteiger partial charge in [0, 0.05) is 38.4 Å². The van der Waals surface area contributed by atoms with E-state index in [1.165, 1.54) is 11.4 Å². The second-order valence-corrected chi connectivity index (χ2v) is 4.16. The lowest BCUT2D eigenvalue weighted by molar-refractivity contribution is 0.230. The molecule has 0 radical (unpaired) electrons. The zero-order valence-electron chi connectivity index (χ0n) is 9.42. The predicted octanol–water partition coefficient (Wildman–Crippen LogP) is 0.767. The number of nitrogens with zero attached hydrogens (tertiary/aromatic N) is 2. The summed E-state index contributed by atoms with van der Waals surface area (Å²) in [5.74, 6) is 0. The van der Waals surface area contributed by atoms with Crippen molar-refractivity contribution in [3.8, 4) is 0 Å². The van der Waals surface area contributed by atoms with Gasteiger partial charge in [-0.3, -0.25) is 10.00 Å². The highest BCUT2D eigenvalue weighted by Crippen LogP contribution is 2.06. The first kappa shape index (κ1) is 10.6. The molecule has 2 rings (SSSR count). The molecule has 1 saturated heterocycles. The maximum absolute atomic E-state index is 4.30. The van der Waals surface area contributed by atoms with Gasteiger partial charge in [-0.05, 0) is 12.5 Å². The number of aromatic nitrogens is 2. The Morgan fingerprint density at radius 2 is 2.20 bits per heavy atom. The van der Waals surface area contributed by atoms with Gasteiger partial charge in [-0.25, -0.2) is 0 Å². The summed E-state index contributed by atoms with van der Waals surface area (Å²) in [6.07, 6.45) is 2.25. The molecule has 0 saturated carbocycles. The van der Waals surface area contributed by atoms with Crippen LogP contribution in [0.15, 0.2) is 6.07 Å². The topological polar surface area (TPSA) is 44.0 Å². The number of rotatable bonds is 4. The molecule has 4 nitrogen and oxygen atoms in total. The Hall–Kier alpha value is -0.870. The number of H-pyrrole nitrogens is 1. The Morgan fingerprint density at radius 3 is 2.93 bits per heavy atom. The highest BCUT2D eigenvalue weighted by Gasteiger charge is 2.10. The molecule has 1 aliphatic rings. The zero-order valence-corrected chi connectivity index (χ0v) is 9.42. The SMILES string of the molecule is CCCc1cc(CN2CCNCC2)[nH]n1. The van der Waals surface area contributed by atoms with Gasteiger partial charge in [0.15, 0.2) is 0 Å². The summed E-state index contributed by atoms with van der Waals surface area (Å²) in [5.41, 5.74) is 2.45. The van der Waals surface area contributed by atoms with Crippen molar-refractivity contribution in [1.29, 1.82) is 0 Å². The van der Waals surface area contributed by atoms with Crippen molar-refractivity contribution in [3.05, 3.63) is 17.5 Å². The van der Waals surface area contributed by atoms with Crippen molar-refractivity contribution < 1.29 is 0 Å². The molecule has 1 fully saturated rings. The summed E-state index contributed by atoms with van der Waals surface area (Å²) in [5, 5.41) is 10.8. The van der Waals surface area contributed by atoms with Crippen molar-refractivity contribution >= 4 is 0 Å². The smallest absolute Gasteiger partial charge is 0.0625 e. The average Bonchev–Trinajstić information content (AvgIpc) is 2.68. The predicted molar refractivity (Wildman–Crippen MR) is 60.7 cm³/mol. The maximum atomic E-state index is 4.30. The first-order valence-electron chi connectivity index (χ1n) is 5.84. The van der Waals surface area contributed by atoms with Gasteiger partial charge < -0.3 is 5.32 Å². The van der Waals surface area contributed by atoms with Crippen LogP contribution in [0.1, 0.15) is 24.7 Å². The molecule has 0 unspecified atom stereocenters. The number of nitrogens with one attached hydrogen (secondary N) is 2. The van der Waals surface area contributed by atoms with Gasteiger partial charge in [0.2, 0.25) is 0 Å². The van der Waals surface area contributed by atoms with Crippen LogP contribution in [0.3, 0.4) is 0 Å². The fourth-order valence-corrected chi connectivity index (χ4v) is 1.98. The molecule has 15 heavy (non-hydrogen) atoms. The molecule has 4 heteroatoms. The van der Waals surface area contributed by atoms with Crippen molar-refractivity contribution in [2.45, 2.75) is 26.3 Å². The van der Waals surface area contributed by atoms with Gasteiger partial charge in [0.05, 0.1) is 5.69 Å². The quantitative estimate of drug-likeness (QED) is 0.768. The molecule has 1 aliphatic heterocycles. The van der Waals surface area contributed by atoms with Gasteiger partial charge in [0.1, 0.15) is 0 Å². The Balaban J connectivity index is 1.86. The highest BCUT2D eigenvalue weighted by molar-refractivity contribution is 5.08. The molecule has 2 heterocycles. The zero-order chi connectivity index (χ0) is 10.5. The summed E-state index contributed by atoms with van der Waals surface area (Å²) in [6.45, 7) is 7.69.